The quantitative estimate of drug-likeness (QED) is 0.729. The Morgan fingerprint density at radius 1 is 1.10 bits per heavy atom. The van der Waals surface area contributed by atoms with Crippen LogP contribution in [0.3, 0.4) is 0 Å². The van der Waals surface area contributed by atoms with E-state index in [1.165, 1.54) is 0 Å². The largest absolute Gasteiger partial charge is 0.396 e. The highest BCUT2D eigenvalue weighted by Crippen LogP contribution is 2.31. The molecule has 2 aromatic carbocycles. The first kappa shape index (κ1) is 16.1. The van der Waals surface area contributed by atoms with Gasteiger partial charge in [-0.2, -0.15) is 0 Å². The second-order valence-corrected chi connectivity index (χ2v) is 5.77. The summed E-state index contributed by atoms with van der Waals surface area (Å²) in [5.74, 6) is 0. The highest BCUT2D eigenvalue weighted by atomic mass is 35.5. The minimum absolute atomic E-state index is 0.139. The van der Waals surface area contributed by atoms with E-state index >= 15 is 0 Å². The molecular weight excluding hydrogens is 307 g/mol. The van der Waals surface area contributed by atoms with E-state index in [0.29, 0.717) is 27.8 Å². The van der Waals surface area contributed by atoms with Gasteiger partial charge < -0.3 is 16.2 Å². The van der Waals surface area contributed by atoms with E-state index < -0.39 is 6.10 Å². The molecule has 0 radical (unpaired) electrons. The second kappa shape index (κ2) is 7.14. The molecular formula is C16H18Cl2N2O. The summed E-state index contributed by atoms with van der Waals surface area (Å²) in [4.78, 5) is 0. The standard InChI is InChI=1S/C16H18Cl2N2O/c1-10(11-5-3-2-4-6-11)20-9-15(21)12-7-13(17)16(19)14(18)8-12/h2-8,10,15,20-21H,9,19H2,1H3. The van der Waals surface area contributed by atoms with Gasteiger partial charge in [0.2, 0.25) is 0 Å². The minimum Gasteiger partial charge on any atom is -0.396 e. The number of nitrogen functional groups attached to an aromatic ring is 1. The Labute approximate surface area is 134 Å². The molecule has 112 valence electrons. The fourth-order valence-corrected chi connectivity index (χ4v) is 2.57. The van der Waals surface area contributed by atoms with Gasteiger partial charge in [0.05, 0.1) is 21.8 Å². The summed E-state index contributed by atoms with van der Waals surface area (Å²) in [6.07, 6.45) is -0.702. The number of aliphatic hydroxyl groups is 1. The number of nitrogens with one attached hydrogen (secondary N) is 1. The number of benzene rings is 2. The van der Waals surface area contributed by atoms with Crippen LogP contribution in [0, 0.1) is 0 Å². The van der Waals surface area contributed by atoms with Crippen molar-refractivity contribution in [2.75, 3.05) is 12.3 Å². The van der Waals surface area contributed by atoms with Crippen LogP contribution in [0.25, 0.3) is 0 Å². The van der Waals surface area contributed by atoms with Gasteiger partial charge >= 0.3 is 0 Å². The van der Waals surface area contributed by atoms with Crippen molar-refractivity contribution < 1.29 is 5.11 Å². The van der Waals surface area contributed by atoms with Crippen LogP contribution in [0.15, 0.2) is 42.5 Å². The normalized spacial score (nSPS) is 13.9. The fourth-order valence-electron chi connectivity index (χ4n) is 2.06. The minimum atomic E-state index is -0.702. The van der Waals surface area contributed by atoms with Crippen molar-refractivity contribution in [2.45, 2.75) is 19.1 Å². The highest BCUT2D eigenvalue weighted by molar-refractivity contribution is 6.38. The molecule has 4 N–H and O–H groups in total. The topological polar surface area (TPSA) is 58.3 Å². The van der Waals surface area contributed by atoms with E-state index in [-0.39, 0.29) is 6.04 Å². The third-order valence-electron chi connectivity index (χ3n) is 3.40. The van der Waals surface area contributed by atoms with Crippen LogP contribution < -0.4 is 11.1 Å². The first-order chi connectivity index (χ1) is 9.99. The van der Waals surface area contributed by atoms with Crippen LogP contribution in [-0.4, -0.2) is 11.7 Å². The van der Waals surface area contributed by atoms with Gasteiger partial charge in [0.25, 0.3) is 0 Å². The lowest BCUT2D eigenvalue weighted by Crippen LogP contribution is -2.24. The first-order valence-corrected chi connectivity index (χ1v) is 7.45. The Balaban J connectivity index is 2.00. The lowest BCUT2D eigenvalue weighted by Gasteiger charge is -2.18. The summed E-state index contributed by atoms with van der Waals surface area (Å²) < 4.78 is 0. The Hall–Kier alpha value is -1.26. The molecule has 2 unspecified atom stereocenters. The zero-order chi connectivity index (χ0) is 15.4. The van der Waals surface area contributed by atoms with Gasteiger partial charge in [-0.1, -0.05) is 53.5 Å². The fraction of sp³-hybridized carbons (Fsp3) is 0.250. The van der Waals surface area contributed by atoms with Gasteiger partial charge in [0.1, 0.15) is 0 Å². The van der Waals surface area contributed by atoms with E-state index in [1.807, 2.05) is 37.3 Å². The average molecular weight is 325 g/mol. The number of anilines is 1. The van der Waals surface area contributed by atoms with E-state index in [9.17, 15) is 5.11 Å². The zero-order valence-electron chi connectivity index (χ0n) is 11.7. The average Bonchev–Trinajstić information content (AvgIpc) is 2.50. The van der Waals surface area contributed by atoms with E-state index in [2.05, 4.69) is 5.32 Å². The van der Waals surface area contributed by atoms with Crippen molar-refractivity contribution in [3.63, 3.8) is 0 Å². The summed E-state index contributed by atoms with van der Waals surface area (Å²) in [7, 11) is 0. The third kappa shape index (κ3) is 4.11. The molecule has 0 aliphatic heterocycles. The number of halogens is 2. The molecule has 2 atom stereocenters. The highest BCUT2D eigenvalue weighted by Gasteiger charge is 2.13. The summed E-state index contributed by atoms with van der Waals surface area (Å²) in [5, 5.41) is 14.2. The van der Waals surface area contributed by atoms with E-state index in [1.54, 1.807) is 12.1 Å². The molecule has 21 heavy (non-hydrogen) atoms. The van der Waals surface area contributed by atoms with Crippen molar-refractivity contribution >= 4 is 28.9 Å². The van der Waals surface area contributed by atoms with Gasteiger partial charge in [-0.15, -0.1) is 0 Å². The molecule has 0 fully saturated rings. The molecule has 0 spiro atoms. The Kier molecular flexibility index (Phi) is 5.48. The maximum atomic E-state index is 10.2. The number of aliphatic hydroxyl groups excluding tert-OH is 1. The third-order valence-corrected chi connectivity index (χ3v) is 4.03. The Morgan fingerprint density at radius 3 is 2.24 bits per heavy atom. The van der Waals surface area contributed by atoms with Crippen molar-refractivity contribution in [3.8, 4) is 0 Å². The maximum Gasteiger partial charge on any atom is 0.0915 e. The number of nitrogens with two attached hydrogens (primary N) is 1. The van der Waals surface area contributed by atoms with Crippen LogP contribution in [0.5, 0.6) is 0 Å². The lowest BCUT2D eigenvalue weighted by atomic mass is 10.1. The van der Waals surface area contributed by atoms with Gasteiger partial charge in [-0.3, -0.25) is 0 Å². The van der Waals surface area contributed by atoms with Crippen molar-refractivity contribution in [3.05, 3.63) is 63.6 Å². The van der Waals surface area contributed by atoms with Gasteiger partial charge in [-0.05, 0) is 30.2 Å². The van der Waals surface area contributed by atoms with Crippen molar-refractivity contribution in [1.82, 2.24) is 5.32 Å². The lowest BCUT2D eigenvalue weighted by molar-refractivity contribution is 0.171. The monoisotopic (exact) mass is 324 g/mol. The predicted molar refractivity (Wildman–Crippen MR) is 88.7 cm³/mol. The van der Waals surface area contributed by atoms with E-state index in [4.69, 9.17) is 28.9 Å². The van der Waals surface area contributed by atoms with Gasteiger partial charge in [0.15, 0.2) is 0 Å². The molecule has 0 bridgehead atoms. The molecule has 0 saturated heterocycles. The molecule has 0 amide bonds. The van der Waals surface area contributed by atoms with Gasteiger partial charge in [-0.25, -0.2) is 0 Å². The van der Waals surface area contributed by atoms with Crippen molar-refractivity contribution in [1.29, 1.82) is 0 Å². The SMILES string of the molecule is CC(NCC(O)c1cc(Cl)c(N)c(Cl)c1)c1ccccc1. The van der Waals surface area contributed by atoms with Crippen LogP contribution in [-0.2, 0) is 0 Å². The van der Waals surface area contributed by atoms with Crippen LogP contribution >= 0.6 is 23.2 Å². The summed E-state index contributed by atoms with van der Waals surface area (Å²) in [5.41, 5.74) is 7.83. The molecule has 0 aromatic heterocycles. The number of hydrogen-bond acceptors (Lipinski definition) is 3. The Morgan fingerprint density at radius 2 is 1.67 bits per heavy atom. The molecule has 5 heteroatoms. The first-order valence-electron chi connectivity index (χ1n) is 6.70. The molecule has 0 aliphatic carbocycles. The molecule has 3 nitrogen and oxygen atoms in total. The van der Waals surface area contributed by atoms with Crippen LogP contribution in [0.4, 0.5) is 5.69 Å². The molecule has 0 heterocycles. The summed E-state index contributed by atoms with van der Waals surface area (Å²) in [6, 6.07) is 13.5. The predicted octanol–water partition coefficient (Wildman–Crippen LogP) is 3.96. The van der Waals surface area contributed by atoms with E-state index in [0.717, 1.165) is 5.56 Å². The van der Waals surface area contributed by atoms with Crippen LogP contribution in [0.1, 0.15) is 30.2 Å². The number of rotatable bonds is 5. The van der Waals surface area contributed by atoms with Gasteiger partial charge in [0, 0.05) is 12.6 Å². The summed E-state index contributed by atoms with van der Waals surface area (Å²) >= 11 is 12.0. The molecule has 2 aromatic rings. The molecule has 0 saturated carbocycles. The smallest absolute Gasteiger partial charge is 0.0915 e. The van der Waals surface area contributed by atoms with Crippen LogP contribution in [0.2, 0.25) is 10.0 Å². The Bertz CT molecular complexity index is 581. The number of hydrogen-bond donors (Lipinski definition) is 3. The zero-order valence-corrected chi connectivity index (χ0v) is 13.2. The molecule has 2 rings (SSSR count). The second-order valence-electron chi connectivity index (χ2n) is 4.95. The summed E-state index contributed by atoms with van der Waals surface area (Å²) in [6.45, 7) is 2.44. The van der Waals surface area contributed by atoms with Crippen molar-refractivity contribution in [2.24, 2.45) is 0 Å². The molecule has 0 aliphatic rings. The maximum absolute atomic E-state index is 10.2.